The molecule has 1 spiro atoms. The van der Waals surface area contributed by atoms with Gasteiger partial charge in [-0.15, -0.1) is 0 Å². The van der Waals surface area contributed by atoms with Gasteiger partial charge in [0.25, 0.3) is 5.91 Å². The molecule has 0 radical (unpaired) electrons. The normalized spacial score (nSPS) is 28.9. The molecular weight excluding hydrogens is 190 g/mol. The van der Waals surface area contributed by atoms with E-state index < -0.39 is 5.72 Å². The first-order valence-electron chi connectivity index (χ1n) is 5.27. The highest BCUT2D eigenvalue weighted by molar-refractivity contribution is 5.99. The van der Waals surface area contributed by atoms with E-state index in [0.717, 1.165) is 30.6 Å². The summed E-state index contributed by atoms with van der Waals surface area (Å²) >= 11 is 0. The second-order valence-electron chi connectivity index (χ2n) is 4.15. The Balaban J connectivity index is 2.22. The second kappa shape index (κ2) is 2.83. The summed E-state index contributed by atoms with van der Waals surface area (Å²) in [5.41, 5.74) is 1.37. The van der Waals surface area contributed by atoms with E-state index in [0.29, 0.717) is 0 Å². The molecule has 0 aliphatic carbocycles. The van der Waals surface area contributed by atoms with E-state index in [9.17, 15) is 4.79 Å². The molecular formula is C12H13NO2. The molecule has 0 saturated carbocycles. The molecule has 2 aliphatic rings. The number of carbonyl (C=O) groups excluding carboxylic acids is 1. The van der Waals surface area contributed by atoms with Crippen LogP contribution in [-0.2, 0) is 10.5 Å². The number of hydrogen-bond acceptors (Lipinski definition) is 2. The lowest BCUT2D eigenvalue weighted by Crippen LogP contribution is -2.40. The van der Waals surface area contributed by atoms with Crippen molar-refractivity contribution in [2.24, 2.45) is 0 Å². The number of carbonyl (C=O) groups is 1. The van der Waals surface area contributed by atoms with Crippen LogP contribution in [0, 0.1) is 0 Å². The third kappa shape index (κ3) is 0.960. The Bertz CT molecular complexity index is 421. The molecule has 2 heterocycles. The van der Waals surface area contributed by atoms with Gasteiger partial charge in [-0.25, -0.2) is 0 Å². The first-order valence-corrected chi connectivity index (χ1v) is 5.27. The molecule has 15 heavy (non-hydrogen) atoms. The van der Waals surface area contributed by atoms with Gasteiger partial charge in [-0.3, -0.25) is 4.79 Å². The molecule has 1 fully saturated rings. The summed E-state index contributed by atoms with van der Waals surface area (Å²) in [5.74, 6) is 0.0764. The number of ether oxygens (including phenoxy) is 1. The summed E-state index contributed by atoms with van der Waals surface area (Å²) in [4.78, 5) is 13.7. The number of nitrogens with zero attached hydrogens (tertiary/aromatic N) is 1. The fourth-order valence-corrected chi connectivity index (χ4v) is 2.64. The van der Waals surface area contributed by atoms with Crippen LogP contribution in [0.3, 0.4) is 0 Å². The Kier molecular flexibility index (Phi) is 1.68. The first-order chi connectivity index (χ1) is 7.26. The molecule has 3 heteroatoms. The maximum atomic E-state index is 12.0. The van der Waals surface area contributed by atoms with E-state index >= 15 is 0 Å². The van der Waals surface area contributed by atoms with Crippen LogP contribution >= 0.6 is 0 Å². The summed E-state index contributed by atoms with van der Waals surface area (Å²) in [6, 6.07) is 7.75. The van der Waals surface area contributed by atoms with E-state index in [4.69, 9.17) is 4.74 Å². The molecule has 1 unspecified atom stereocenters. The molecule has 1 amide bonds. The maximum Gasteiger partial charge on any atom is 0.256 e. The van der Waals surface area contributed by atoms with Crippen molar-refractivity contribution in [3.05, 3.63) is 35.4 Å². The van der Waals surface area contributed by atoms with Gasteiger partial charge in [-0.1, -0.05) is 18.2 Å². The smallest absolute Gasteiger partial charge is 0.256 e. The zero-order chi connectivity index (χ0) is 10.5. The number of benzene rings is 1. The number of fused-ring (bicyclic) bond motifs is 2. The summed E-state index contributed by atoms with van der Waals surface area (Å²) in [7, 11) is 1.83. The number of amides is 1. The predicted octanol–water partition coefficient (Wildman–Crippen LogP) is 1.74. The minimum absolute atomic E-state index is 0.0764. The number of rotatable bonds is 0. The zero-order valence-electron chi connectivity index (χ0n) is 8.69. The lowest BCUT2D eigenvalue weighted by Gasteiger charge is -2.31. The maximum absolute atomic E-state index is 12.0. The predicted molar refractivity (Wildman–Crippen MR) is 55.4 cm³/mol. The average molecular weight is 203 g/mol. The summed E-state index contributed by atoms with van der Waals surface area (Å²) in [5, 5.41) is 0. The summed E-state index contributed by atoms with van der Waals surface area (Å²) in [6.45, 7) is 0.742. The third-order valence-corrected chi connectivity index (χ3v) is 3.43. The van der Waals surface area contributed by atoms with Crippen molar-refractivity contribution in [3.63, 3.8) is 0 Å². The van der Waals surface area contributed by atoms with E-state index in [2.05, 4.69) is 0 Å². The summed E-state index contributed by atoms with van der Waals surface area (Å²) < 4.78 is 5.82. The molecule has 1 aromatic rings. The zero-order valence-corrected chi connectivity index (χ0v) is 8.69. The molecule has 0 N–H and O–H groups in total. The lowest BCUT2D eigenvalue weighted by atomic mass is 9.99. The molecule has 0 aromatic heterocycles. The van der Waals surface area contributed by atoms with Gasteiger partial charge in [0, 0.05) is 24.6 Å². The monoisotopic (exact) mass is 203 g/mol. The van der Waals surface area contributed by atoms with Gasteiger partial charge in [0.05, 0.1) is 6.61 Å². The van der Waals surface area contributed by atoms with Crippen molar-refractivity contribution < 1.29 is 9.53 Å². The van der Waals surface area contributed by atoms with Crippen molar-refractivity contribution in [1.82, 2.24) is 4.90 Å². The molecule has 1 aromatic carbocycles. The van der Waals surface area contributed by atoms with E-state index in [1.165, 1.54) is 0 Å². The Morgan fingerprint density at radius 1 is 1.40 bits per heavy atom. The van der Waals surface area contributed by atoms with Crippen molar-refractivity contribution in [2.45, 2.75) is 18.6 Å². The fraction of sp³-hybridized carbons (Fsp3) is 0.417. The Hall–Kier alpha value is -1.35. The van der Waals surface area contributed by atoms with Crippen molar-refractivity contribution >= 4 is 5.91 Å². The minimum Gasteiger partial charge on any atom is -0.351 e. The van der Waals surface area contributed by atoms with Gasteiger partial charge in [0.2, 0.25) is 0 Å². The van der Waals surface area contributed by atoms with Crippen LogP contribution in [0.15, 0.2) is 24.3 Å². The minimum atomic E-state index is -0.465. The van der Waals surface area contributed by atoms with Crippen LogP contribution in [0.5, 0.6) is 0 Å². The topological polar surface area (TPSA) is 29.5 Å². The summed E-state index contributed by atoms with van der Waals surface area (Å²) in [6.07, 6.45) is 1.93. The fourth-order valence-electron chi connectivity index (χ4n) is 2.64. The first kappa shape index (κ1) is 8.92. The van der Waals surface area contributed by atoms with Crippen LogP contribution in [0.2, 0.25) is 0 Å². The van der Waals surface area contributed by atoms with Gasteiger partial charge in [-0.2, -0.15) is 0 Å². The van der Waals surface area contributed by atoms with E-state index in [1.807, 2.05) is 31.3 Å². The van der Waals surface area contributed by atoms with Crippen LogP contribution in [0.4, 0.5) is 0 Å². The second-order valence-corrected chi connectivity index (χ2v) is 4.15. The lowest BCUT2D eigenvalue weighted by molar-refractivity contribution is -0.0900. The molecule has 78 valence electrons. The van der Waals surface area contributed by atoms with Crippen molar-refractivity contribution in [3.8, 4) is 0 Å². The quantitative estimate of drug-likeness (QED) is 0.642. The highest BCUT2D eigenvalue weighted by atomic mass is 16.5. The Morgan fingerprint density at radius 3 is 2.93 bits per heavy atom. The highest BCUT2D eigenvalue weighted by Crippen LogP contribution is 2.45. The molecule has 1 atom stereocenters. The number of hydrogen-bond donors (Lipinski definition) is 0. The van der Waals surface area contributed by atoms with Crippen molar-refractivity contribution in [2.75, 3.05) is 13.7 Å². The molecule has 3 rings (SSSR count). The standard InChI is InChI=1S/C12H13NO2/c1-13-11(14)9-5-2-3-6-10(9)12(13)7-4-8-15-12/h2-3,5-6H,4,7-8H2,1H3. The molecule has 3 nitrogen and oxygen atoms in total. The van der Waals surface area contributed by atoms with Gasteiger partial charge in [0.1, 0.15) is 0 Å². The van der Waals surface area contributed by atoms with Crippen LogP contribution in [-0.4, -0.2) is 24.5 Å². The average Bonchev–Trinajstić information content (AvgIpc) is 2.83. The molecule has 0 bridgehead atoms. The third-order valence-electron chi connectivity index (χ3n) is 3.43. The SMILES string of the molecule is CN1C(=O)c2ccccc2C12CCCO2. The van der Waals surface area contributed by atoms with Crippen LogP contribution in [0.1, 0.15) is 28.8 Å². The van der Waals surface area contributed by atoms with Crippen LogP contribution < -0.4 is 0 Å². The van der Waals surface area contributed by atoms with Gasteiger partial charge < -0.3 is 9.64 Å². The highest BCUT2D eigenvalue weighted by Gasteiger charge is 2.50. The van der Waals surface area contributed by atoms with E-state index in [1.54, 1.807) is 4.90 Å². The Labute approximate surface area is 88.6 Å². The largest absolute Gasteiger partial charge is 0.351 e. The Morgan fingerprint density at radius 2 is 2.20 bits per heavy atom. The van der Waals surface area contributed by atoms with E-state index in [-0.39, 0.29) is 5.91 Å². The molecule has 1 saturated heterocycles. The van der Waals surface area contributed by atoms with Crippen molar-refractivity contribution in [1.29, 1.82) is 0 Å². The van der Waals surface area contributed by atoms with Gasteiger partial charge in [0.15, 0.2) is 5.72 Å². The van der Waals surface area contributed by atoms with Gasteiger partial charge >= 0.3 is 0 Å². The van der Waals surface area contributed by atoms with Gasteiger partial charge in [-0.05, 0) is 12.5 Å². The molecule has 2 aliphatic heterocycles. The van der Waals surface area contributed by atoms with Crippen LogP contribution in [0.25, 0.3) is 0 Å².